The molecule has 31 heavy (non-hydrogen) atoms. The summed E-state index contributed by atoms with van der Waals surface area (Å²) in [5.74, 6) is -1.24. The molecule has 0 aliphatic carbocycles. The molecule has 0 saturated carbocycles. The Morgan fingerprint density at radius 2 is 2.16 bits per heavy atom. The Hall–Kier alpha value is -3.04. The molecule has 2 aliphatic rings. The van der Waals surface area contributed by atoms with E-state index in [1.54, 1.807) is 12.1 Å². The third kappa shape index (κ3) is 4.52. The fourth-order valence-corrected chi connectivity index (χ4v) is 4.22. The number of non-ortho nitro benzene ring substituents is 1. The SMILES string of the molecule is CCN1CCCC1CNC(=O)c1ccc(C2C(=O)Nc3ccc([N+](=O)[O-])cc32)nc1.Cl. The molecule has 2 aliphatic heterocycles. The van der Waals surface area contributed by atoms with Gasteiger partial charge in [-0.3, -0.25) is 29.6 Å². The van der Waals surface area contributed by atoms with Crippen molar-refractivity contribution < 1.29 is 14.5 Å². The molecule has 1 fully saturated rings. The third-order valence-electron chi connectivity index (χ3n) is 5.82. The molecule has 0 bridgehead atoms. The minimum Gasteiger partial charge on any atom is -0.350 e. The van der Waals surface area contributed by atoms with Crippen LogP contribution in [0.25, 0.3) is 0 Å². The molecule has 2 atom stereocenters. The van der Waals surface area contributed by atoms with Crippen molar-refractivity contribution in [3.63, 3.8) is 0 Å². The highest BCUT2D eigenvalue weighted by Crippen LogP contribution is 2.38. The molecule has 1 aromatic carbocycles. The van der Waals surface area contributed by atoms with Crippen molar-refractivity contribution in [3.8, 4) is 0 Å². The van der Waals surface area contributed by atoms with Crippen LogP contribution < -0.4 is 10.6 Å². The number of carbonyl (C=O) groups excluding carboxylic acids is 2. The van der Waals surface area contributed by atoms with Gasteiger partial charge in [0.2, 0.25) is 5.91 Å². The number of hydrogen-bond donors (Lipinski definition) is 2. The van der Waals surface area contributed by atoms with Crippen LogP contribution in [0, 0.1) is 10.1 Å². The summed E-state index contributed by atoms with van der Waals surface area (Å²) in [6, 6.07) is 7.89. The number of rotatable bonds is 6. The van der Waals surface area contributed by atoms with Crippen LogP contribution in [0.5, 0.6) is 0 Å². The lowest BCUT2D eigenvalue weighted by molar-refractivity contribution is -0.384. The first kappa shape index (κ1) is 22.6. The van der Waals surface area contributed by atoms with Crippen molar-refractivity contribution in [2.75, 3.05) is 25.0 Å². The van der Waals surface area contributed by atoms with E-state index in [0.29, 0.717) is 35.1 Å². The molecular formula is C21H24ClN5O4. The van der Waals surface area contributed by atoms with E-state index in [9.17, 15) is 19.7 Å². The smallest absolute Gasteiger partial charge is 0.269 e. The first-order valence-corrected chi connectivity index (χ1v) is 10.1. The fraction of sp³-hybridized carbons (Fsp3) is 0.381. The predicted molar refractivity (Wildman–Crippen MR) is 118 cm³/mol. The number of likely N-dealkylation sites (tertiary alicyclic amines) is 1. The van der Waals surface area contributed by atoms with Gasteiger partial charge in [-0.15, -0.1) is 12.4 Å². The maximum absolute atomic E-state index is 12.5. The highest BCUT2D eigenvalue weighted by Gasteiger charge is 2.34. The summed E-state index contributed by atoms with van der Waals surface area (Å²) in [5.41, 5.74) is 1.82. The Labute approximate surface area is 185 Å². The largest absolute Gasteiger partial charge is 0.350 e. The van der Waals surface area contributed by atoms with E-state index in [2.05, 4.69) is 27.4 Å². The highest BCUT2D eigenvalue weighted by atomic mass is 35.5. The molecule has 0 spiro atoms. The zero-order valence-corrected chi connectivity index (χ0v) is 17.9. The van der Waals surface area contributed by atoms with Gasteiger partial charge in [0.25, 0.3) is 11.6 Å². The van der Waals surface area contributed by atoms with Crippen LogP contribution in [0.4, 0.5) is 11.4 Å². The Kier molecular flexibility index (Phi) is 6.87. The first-order chi connectivity index (χ1) is 14.5. The van der Waals surface area contributed by atoms with Crippen LogP contribution in [-0.4, -0.2) is 52.3 Å². The zero-order valence-electron chi connectivity index (χ0n) is 17.0. The number of fused-ring (bicyclic) bond motifs is 1. The van der Waals surface area contributed by atoms with Crippen LogP contribution in [0.3, 0.4) is 0 Å². The number of hydrogen-bond acceptors (Lipinski definition) is 6. The van der Waals surface area contributed by atoms with Crippen LogP contribution in [0.2, 0.25) is 0 Å². The molecule has 10 heteroatoms. The van der Waals surface area contributed by atoms with Crippen LogP contribution in [-0.2, 0) is 4.79 Å². The van der Waals surface area contributed by atoms with E-state index < -0.39 is 10.8 Å². The number of nitrogens with zero attached hydrogens (tertiary/aromatic N) is 3. The van der Waals surface area contributed by atoms with E-state index >= 15 is 0 Å². The number of benzene rings is 1. The van der Waals surface area contributed by atoms with Gasteiger partial charge in [-0.05, 0) is 44.1 Å². The minimum atomic E-state index is -0.742. The van der Waals surface area contributed by atoms with Gasteiger partial charge < -0.3 is 10.6 Å². The van der Waals surface area contributed by atoms with Gasteiger partial charge in [0.05, 0.1) is 16.2 Å². The van der Waals surface area contributed by atoms with E-state index in [1.807, 2.05) is 0 Å². The number of likely N-dealkylation sites (N-methyl/N-ethyl adjacent to an activating group) is 1. The molecule has 1 saturated heterocycles. The van der Waals surface area contributed by atoms with Crippen LogP contribution in [0.15, 0.2) is 36.5 Å². The van der Waals surface area contributed by atoms with Gasteiger partial charge >= 0.3 is 0 Å². The summed E-state index contributed by atoms with van der Waals surface area (Å²) in [6.07, 6.45) is 3.67. The van der Waals surface area contributed by atoms with Crippen molar-refractivity contribution in [1.29, 1.82) is 0 Å². The second kappa shape index (κ2) is 9.40. The van der Waals surface area contributed by atoms with E-state index in [0.717, 1.165) is 25.9 Å². The number of amides is 2. The summed E-state index contributed by atoms with van der Waals surface area (Å²) in [4.78, 5) is 42.2. The number of aromatic nitrogens is 1. The summed E-state index contributed by atoms with van der Waals surface area (Å²) < 4.78 is 0. The Bertz CT molecular complexity index is 998. The van der Waals surface area contributed by atoms with Crippen molar-refractivity contribution in [3.05, 3.63) is 63.5 Å². The van der Waals surface area contributed by atoms with Crippen molar-refractivity contribution >= 4 is 35.6 Å². The summed E-state index contributed by atoms with van der Waals surface area (Å²) in [6.45, 7) is 4.75. The number of nitrogens with one attached hydrogen (secondary N) is 2. The number of carbonyl (C=O) groups is 2. The number of anilines is 1. The average Bonchev–Trinajstić information content (AvgIpc) is 3.34. The second-order valence-corrected chi connectivity index (χ2v) is 7.56. The molecular weight excluding hydrogens is 422 g/mol. The number of halogens is 1. The topological polar surface area (TPSA) is 117 Å². The lowest BCUT2D eigenvalue weighted by Gasteiger charge is -2.22. The molecule has 164 valence electrons. The molecule has 9 nitrogen and oxygen atoms in total. The minimum absolute atomic E-state index is 0. The Morgan fingerprint density at radius 3 is 2.84 bits per heavy atom. The summed E-state index contributed by atoms with van der Waals surface area (Å²) in [7, 11) is 0. The predicted octanol–water partition coefficient (Wildman–Crippen LogP) is 2.71. The zero-order chi connectivity index (χ0) is 21.3. The van der Waals surface area contributed by atoms with E-state index in [1.165, 1.54) is 24.4 Å². The molecule has 1 aromatic heterocycles. The maximum Gasteiger partial charge on any atom is 0.269 e. The standard InChI is InChI=1S/C21H23N5O4.ClH/c1-2-25-9-3-4-15(25)12-23-20(27)13-5-7-18(22-11-13)19-16-10-14(26(29)30)6-8-17(16)24-21(19)28;/h5-8,10-11,15,19H,2-4,9,12H2,1H3,(H,23,27)(H,24,28);1H. The lowest BCUT2D eigenvalue weighted by Crippen LogP contribution is -2.40. The van der Waals surface area contributed by atoms with Crippen molar-refractivity contribution in [2.24, 2.45) is 0 Å². The lowest BCUT2D eigenvalue weighted by atomic mass is 9.96. The second-order valence-electron chi connectivity index (χ2n) is 7.56. The quantitative estimate of drug-likeness (QED) is 0.521. The van der Waals surface area contributed by atoms with Gasteiger partial charge in [-0.1, -0.05) is 6.92 Å². The third-order valence-corrected chi connectivity index (χ3v) is 5.82. The fourth-order valence-electron chi connectivity index (χ4n) is 4.22. The first-order valence-electron chi connectivity index (χ1n) is 10.1. The van der Waals surface area contributed by atoms with Gasteiger partial charge in [0, 0.05) is 42.2 Å². The van der Waals surface area contributed by atoms with Gasteiger partial charge in [-0.25, -0.2) is 0 Å². The monoisotopic (exact) mass is 445 g/mol. The molecule has 4 rings (SSSR count). The summed E-state index contributed by atoms with van der Waals surface area (Å²) in [5, 5.41) is 16.8. The molecule has 2 N–H and O–H groups in total. The number of nitro benzene ring substituents is 1. The maximum atomic E-state index is 12.5. The molecule has 2 amide bonds. The number of pyridine rings is 1. The van der Waals surface area contributed by atoms with E-state index in [-0.39, 0.29) is 29.9 Å². The van der Waals surface area contributed by atoms with Crippen LogP contribution >= 0.6 is 12.4 Å². The molecule has 0 radical (unpaired) electrons. The average molecular weight is 446 g/mol. The van der Waals surface area contributed by atoms with Gasteiger partial charge in [-0.2, -0.15) is 0 Å². The Balaban J connectivity index is 0.00000272. The van der Waals surface area contributed by atoms with Gasteiger partial charge in [0.1, 0.15) is 5.92 Å². The van der Waals surface area contributed by atoms with Crippen molar-refractivity contribution in [1.82, 2.24) is 15.2 Å². The molecule has 3 heterocycles. The highest BCUT2D eigenvalue weighted by molar-refractivity contribution is 6.05. The summed E-state index contributed by atoms with van der Waals surface area (Å²) >= 11 is 0. The molecule has 2 unspecified atom stereocenters. The van der Waals surface area contributed by atoms with Crippen molar-refractivity contribution in [2.45, 2.75) is 31.7 Å². The van der Waals surface area contributed by atoms with Crippen LogP contribution in [0.1, 0.15) is 47.3 Å². The van der Waals surface area contributed by atoms with E-state index in [4.69, 9.17) is 0 Å². The molecule has 2 aromatic rings. The van der Waals surface area contributed by atoms with Gasteiger partial charge in [0.15, 0.2) is 0 Å². The number of nitro groups is 1. The normalized spacial score (nSPS) is 20.0. The Morgan fingerprint density at radius 1 is 1.35 bits per heavy atom.